The Balaban J connectivity index is 1.98. The van der Waals surface area contributed by atoms with Gasteiger partial charge in [-0.05, 0) is 19.4 Å². The number of likely N-dealkylation sites (tertiary alicyclic amines) is 1. The molecule has 0 bridgehead atoms. The number of rotatable bonds is 4. The van der Waals surface area contributed by atoms with Crippen LogP contribution in [0.15, 0.2) is 6.33 Å². The Labute approximate surface area is 93.9 Å². The first-order valence-corrected chi connectivity index (χ1v) is 5.45. The zero-order valence-corrected chi connectivity index (χ0v) is 9.33. The van der Waals surface area contributed by atoms with E-state index < -0.39 is 5.97 Å². The molecule has 1 fully saturated rings. The van der Waals surface area contributed by atoms with Crippen LogP contribution in [0.4, 0.5) is 0 Å². The highest BCUT2D eigenvalue weighted by atomic mass is 16.4. The van der Waals surface area contributed by atoms with E-state index in [1.165, 1.54) is 0 Å². The van der Waals surface area contributed by atoms with Crippen LogP contribution in [0, 0.1) is 0 Å². The van der Waals surface area contributed by atoms with Gasteiger partial charge in [0.2, 0.25) is 0 Å². The minimum atomic E-state index is -0.727. The highest BCUT2D eigenvalue weighted by Crippen LogP contribution is 2.21. The molecule has 88 valence electrons. The van der Waals surface area contributed by atoms with Crippen molar-refractivity contribution < 1.29 is 9.90 Å². The van der Waals surface area contributed by atoms with Gasteiger partial charge in [-0.3, -0.25) is 9.69 Å². The maximum atomic E-state index is 10.7. The van der Waals surface area contributed by atoms with Crippen LogP contribution in [-0.4, -0.2) is 43.3 Å². The van der Waals surface area contributed by atoms with E-state index in [0.717, 1.165) is 25.2 Å². The third-order valence-corrected chi connectivity index (χ3v) is 3.06. The molecular formula is C10H16N4O2. The Morgan fingerprint density at radius 2 is 2.50 bits per heavy atom. The van der Waals surface area contributed by atoms with Crippen LogP contribution in [0.3, 0.4) is 0 Å². The van der Waals surface area contributed by atoms with E-state index in [4.69, 9.17) is 5.11 Å². The summed E-state index contributed by atoms with van der Waals surface area (Å²) in [5, 5.41) is 16.6. The van der Waals surface area contributed by atoms with Gasteiger partial charge in [-0.25, -0.2) is 0 Å². The summed E-state index contributed by atoms with van der Waals surface area (Å²) in [5.41, 5.74) is 0. The van der Waals surface area contributed by atoms with Gasteiger partial charge in [-0.2, -0.15) is 0 Å². The molecule has 2 heterocycles. The monoisotopic (exact) mass is 224 g/mol. The SMILES string of the molecule is Cn1cnnc1CN1CCCC1CC(=O)O. The van der Waals surface area contributed by atoms with Gasteiger partial charge in [0.1, 0.15) is 12.2 Å². The third-order valence-electron chi connectivity index (χ3n) is 3.06. The lowest BCUT2D eigenvalue weighted by molar-refractivity contribution is -0.138. The fourth-order valence-corrected chi connectivity index (χ4v) is 2.17. The average Bonchev–Trinajstić information content (AvgIpc) is 2.78. The van der Waals surface area contributed by atoms with Gasteiger partial charge in [-0.1, -0.05) is 0 Å². The molecule has 0 amide bonds. The predicted molar refractivity (Wildman–Crippen MR) is 56.7 cm³/mol. The van der Waals surface area contributed by atoms with Crippen molar-refractivity contribution >= 4 is 5.97 Å². The van der Waals surface area contributed by atoms with E-state index >= 15 is 0 Å². The molecule has 6 heteroatoms. The predicted octanol–water partition coefficient (Wildman–Crippen LogP) is 0.254. The number of hydrogen-bond donors (Lipinski definition) is 1. The molecule has 1 aromatic rings. The highest BCUT2D eigenvalue weighted by molar-refractivity contribution is 5.67. The normalized spacial score (nSPS) is 21.4. The van der Waals surface area contributed by atoms with Gasteiger partial charge in [0.25, 0.3) is 0 Å². The molecular weight excluding hydrogens is 208 g/mol. The van der Waals surface area contributed by atoms with Gasteiger partial charge in [-0.15, -0.1) is 10.2 Å². The van der Waals surface area contributed by atoms with Gasteiger partial charge < -0.3 is 9.67 Å². The second-order valence-corrected chi connectivity index (χ2v) is 4.22. The van der Waals surface area contributed by atoms with E-state index in [1.54, 1.807) is 6.33 Å². The molecule has 1 atom stereocenters. The van der Waals surface area contributed by atoms with Crippen molar-refractivity contribution in [2.24, 2.45) is 7.05 Å². The fourth-order valence-electron chi connectivity index (χ4n) is 2.17. The summed E-state index contributed by atoms with van der Waals surface area (Å²) in [6.45, 7) is 1.64. The molecule has 0 aromatic carbocycles. The Hall–Kier alpha value is -1.43. The largest absolute Gasteiger partial charge is 0.481 e. The van der Waals surface area contributed by atoms with Crippen molar-refractivity contribution in [3.05, 3.63) is 12.2 Å². The molecule has 1 saturated heterocycles. The van der Waals surface area contributed by atoms with Gasteiger partial charge in [0, 0.05) is 13.1 Å². The van der Waals surface area contributed by atoms with E-state index in [2.05, 4.69) is 15.1 Å². The number of aryl methyl sites for hydroxylation is 1. The molecule has 2 rings (SSSR count). The van der Waals surface area contributed by atoms with Crippen LogP contribution >= 0.6 is 0 Å². The lowest BCUT2D eigenvalue weighted by Gasteiger charge is -2.22. The van der Waals surface area contributed by atoms with E-state index in [9.17, 15) is 4.79 Å². The van der Waals surface area contributed by atoms with E-state index in [-0.39, 0.29) is 12.5 Å². The molecule has 1 unspecified atom stereocenters. The van der Waals surface area contributed by atoms with Crippen LogP contribution < -0.4 is 0 Å². The van der Waals surface area contributed by atoms with Crippen LogP contribution in [0.1, 0.15) is 25.1 Å². The van der Waals surface area contributed by atoms with Crippen molar-refractivity contribution in [2.45, 2.75) is 31.8 Å². The molecule has 1 N–H and O–H groups in total. The number of hydrogen-bond acceptors (Lipinski definition) is 4. The number of aliphatic carboxylic acids is 1. The molecule has 1 aromatic heterocycles. The van der Waals surface area contributed by atoms with Gasteiger partial charge in [0.05, 0.1) is 13.0 Å². The van der Waals surface area contributed by atoms with Crippen LogP contribution in [0.2, 0.25) is 0 Å². The average molecular weight is 224 g/mol. The van der Waals surface area contributed by atoms with Crippen LogP contribution in [0.25, 0.3) is 0 Å². The first kappa shape index (κ1) is 11.1. The van der Waals surface area contributed by atoms with Crippen molar-refractivity contribution in [1.82, 2.24) is 19.7 Å². The lowest BCUT2D eigenvalue weighted by atomic mass is 10.1. The fraction of sp³-hybridized carbons (Fsp3) is 0.700. The summed E-state index contributed by atoms with van der Waals surface area (Å²) in [7, 11) is 1.90. The maximum absolute atomic E-state index is 10.7. The number of aromatic nitrogens is 3. The summed E-state index contributed by atoms with van der Waals surface area (Å²) < 4.78 is 1.87. The molecule has 0 aliphatic carbocycles. The summed E-state index contributed by atoms with van der Waals surface area (Å²) in [5.74, 6) is 0.159. The summed E-state index contributed by atoms with van der Waals surface area (Å²) in [6.07, 6.45) is 3.91. The van der Waals surface area contributed by atoms with Crippen molar-refractivity contribution in [3.63, 3.8) is 0 Å². The maximum Gasteiger partial charge on any atom is 0.304 e. The zero-order valence-electron chi connectivity index (χ0n) is 9.33. The number of carboxylic acids is 1. The Morgan fingerprint density at radius 3 is 3.12 bits per heavy atom. The van der Waals surface area contributed by atoms with E-state index in [0.29, 0.717) is 6.54 Å². The quantitative estimate of drug-likeness (QED) is 0.794. The minimum absolute atomic E-state index is 0.147. The molecule has 0 spiro atoms. The molecule has 1 aliphatic rings. The highest BCUT2D eigenvalue weighted by Gasteiger charge is 2.27. The molecule has 1 aliphatic heterocycles. The van der Waals surface area contributed by atoms with Crippen LogP contribution in [0.5, 0.6) is 0 Å². The third kappa shape index (κ3) is 2.38. The first-order chi connectivity index (χ1) is 7.66. The standard InChI is InChI=1S/C10H16N4O2/c1-13-7-11-12-9(13)6-14-4-2-3-8(14)5-10(15)16/h7-8H,2-6H2,1H3,(H,15,16). The zero-order chi connectivity index (χ0) is 11.5. The topological polar surface area (TPSA) is 71.2 Å². The van der Waals surface area contributed by atoms with Crippen LogP contribution in [-0.2, 0) is 18.4 Å². The van der Waals surface area contributed by atoms with Gasteiger partial charge in [0.15, 0.2) is 0 Å². The summed E-state index contributed by atoms with van der Waals surface area (Å²) >= 11 is 0. The molecule has 6 nitrogen and oxygen atoms in total. The number of carbonyl (C=O) groups is 1. The van der Waals surface area contributed by atoms with Crippen molar-refractivity contribution in [2.75, 3.05) is 6.54 Å². The lowest BCUT2D eigenvalue weighted by Crippen LogP contribution is -2.31. The van der Waals surface area contributed by atoms with Gasteiger partial charge >= 0.3 is 5.97 Å². The first-order valence-electron chi connectivity index (χ1n) is 5.45. The molecule has 16 heavy (non-hydrogen) atoms. The van der Waals surface area contributed by atoms with E-state index in [1.807, 2.05) is 11.6 Å². The second kappa shape index (κ2) is 4.61. The molecule has 0 saturated carbocycles. The summed E-state index contributed by atoms with van der Waals surface area (Å²) in [4.78, 5) is 12.9. The van der Waals surface area contributed by atoms with Crippen molar-refractivity contribution in [1.29, 1.82) is 0 Å². The molecule has 0 radical (unpaired) electrons. The minimum Gasteiger partial charge on any atom is -0.481 e. The smallest absolute Gasteiger partial charge is 0.304 e. The Bertz CT molecular complexity index is 377. The second-order valence-electron chi connectivity index (χ2n) is 4.22. The van der Waals surface area contributed by atoms with Crippen molar-refractivity contribution in [3.8, 4) is 0 Å². The Kier molecular flexibility index (Phi) is 3.19. The summed E-state index contributed by atoms with van der Waals surface area (Å²) in [6, 6.07) is 0.147. The number of carboxylic acid groups (broad SMARTS) is 1. The Morgan fingerprint density at radius 1 is 1.69 bits per heavy atom. The number of nitrogens with zero attached hydrogens (tertiary/aromatic N) is 4.